The first-order valence-electron chi connectivity index (χ1n) is 4.44. The summed E-state index contributed by atoms with van der Waals surface area (Å²) in [6, 6.07) is 0.642. The fourth-order valence-corrected chi connectivity index (χ4v) is 2.43. The van der Waals surface area contributed by atoms with Crippen LogP contribution in [0.5, 0.6) is 0 Å². The Hall–Kier alpha value is -0.493. The molecule has 82 valence electrons. The van der Waals surface area contributed by atoms with Crippen LogP contribution in [-0.4, -0.2) is 35.4 Å². The van der Waals surface area contributed by atoms with Crippen molar-refractivity contribution in [3.63, 3.8) is 0 Å². The SMILES string of the molecule is C=C(C)C(=O)CO[Si](CC)(OC)OC. The molecule has 0 heterocycles. The standard InChI is InChI=1S/C9H18O4Si/c1-6-14(11-4,12-5)13-7-9(10)8(2)3/h2,6-7H2,1,3-5H3. The van der Waals surface area contributed by atoms with Crippen LogP contribution in [0.1, 0.15) is 13.8 Å². The molecule has 0 amide bonds. The first kappa shape index (κ1) is 13.5. The summed E-state index contributed by atoms with van der Waals surface area (Å²) >= 11 is 0. The zero-order valence-electron chi connectivity index (χ0n) is 9.25. The summed E-state index contributed by atoms with van der Waals surface area (Å²) in [5.41, 5.74) is 0.483. The van der Waals surface area contributed by atoms with E-state index in [1.807, 2.05) is 6.92 Å². The molecule has 0 N–H and O–H groups in total. The molecule has 5 heteroatoms. The van der Waals surface area contributed by atoms with E-state index in [-0.39, 0.29) is 12.4 Å². The van der Waals surface area contributed by atoms with Crippen molar-refractivity contribution >= 4 is 14.6 Å². The average molecular weight is 218 g/mol. The van der Waals surface area contributed by atoms with Crippen LogP contribution in [0, 0.1) is 0 Å². The van der Waals surface area contributed by atoms with E-state index in [1.165, 1.54) is 14.2 Å². The Labute approximate surface area is 86.2 Å². The largest absolute Gasteiger partial charge is 0.500 e. The van der Waals surface area contributed by atoms with E-state index in [9.17, 15) is 4.79 Å². The van der Waals surface area contributed by atoms with Crippen LogP contribution < -0.4 is 0 Å². The number of Topliss-reactive ketones (excluding diaryl/α,β-unsaturated/α-hetero) is 1. The minimum Gasteiger partial charge on any atom is -0.377 e. The first-order valence-corrected chi connectivity index (χ1v) is 6.37. The molecule has 0 aliphatic carbocycles. The van der Waals surface area contributed by atoms with E-state index in [2.05, 4.69) is 6.58 Å². The van der Waals surface area contributed by atoms with Gasteiger partial charge in [-0.1, -0.05) is 13.5 Å². The van der Waals surface area contributed by atoms with Gasteiger partial charge in [-0.3, -0.25) is 4.79 Å². The Morgan fingerprint density at radius 3 is 2.14 bits per heavy atom. The highest BCUT2D eigenvalue weighted by Crippen LogP contribution is 2.12. The lowest BCUT2D eigenvalue weighted by molar-refractivity contribution is -0.118. The second-order valence-corrected chi connectivity index (χ2v) is 6.12. The maximum Gasteiger partial charge on any atom is 0.500 e. The minimum atomic E-state index is -2.59. The molecule has 0 saturated heterocycles. The quantitative estimate of drug-likeness (QED) is 0.478. The molecule has 0 rings (SSSR count). The molecule has 0 saturated carbocycles. The number of carbonyl (C=O) groups is 1. The predicted molar refractivity (Wildman–Crippen MR) is 56.0 cm³/mol. The van der Waals surface area contributed by atoms with Crippen LogP contribution in [0.4, 0.5) is 0 Å². The van der Waals surface area contributed by atoms with E-state index in [0.29, 0.717) is 11.6 Å². The molecule has 4 nitrogen and oxygen atoms in total. The number of hydrogen-bond acceptors (Lipinski definition) is 4. The van der Waals surface area contributed by atoms with E-state index in [0.717, 1.165) is 0 Å². The van der Waals surface area contributed by atoms with Crippen molar-refractivity contribution in [1.29, 1.82) is 0 Å². The van der Waals surface area contributed by atoms with Gasteiger partial charge in [-0.2, -0.15) is 0 Å². The smallest absolute Gasteiger partial charge is 0.377 e. The zero-order chi connectivity index (χ0) is 11.2. The van der Waals surface area contributed by atoms with Crippen molar-refractivity contribution in [1.82, 2.24) is 0 Å². The third kappa shape index (κ3) is 3.71. The van der Waals surface area contributed by atoms with E-state index < -0.39 is 8.80 Å². The van der Waals surface area contributed by atoms with Gasteiger partial charge in [-0.15, -0.1) is 0 Å². The van der Waals surface area contributed by atoms with Crippen LogP contribution in [0.2, 0.25) is 6.04 Å². The van der Waals surface area contributed by atoms with E-state index in [4.69, 9.17) is 13.3 Å². The predicted octanol–water partition coefficient (Wildman–Crippen LogP) is 1.40. The van der Waals surface area contributed by atoms with Crippen LogP contribution in [-0.2, 0) is 18.1 Å². The number of ketones is 1. The molecule has 0 aliphatic heterocycles. The zero-order valence-corrected chi connectivity index (χ0v) is 10.3. The molecule has 0 aromatic rings. The maximum atomic E-state index is 11.2. The normalized spacial score (nSPS) is 11.4. The minimum absolute atomic E-state index is 0.0168. The highest BCUT2D eigenvalue weighted by molar-refractivity contribution is 6.60. The van der Waals surface area contributed by atoms with Gasteiger partial charge in [-0.25, -0.2) is 0 Å². The van der Waals surface area contributed by atoms with Crippen LogP contribution in [0.25, 0.3) is 0 Å². The van der Waals surface area contributed by atoms with Crippen molar-refractivity contribution in [2.75, 3.05) is 20.8 Å². The summed E-state index contributed by atoms with van der Waals surface area (Å²) < 4.78 is 15.7. The van der Waals surface area contributed by atoms with Gasteiger partial charge in [0.2, 0.25) is 0 Å². The van der Waals surface area contributed by atoms with Crippen LogP contribution in [0.3, 0.4) is 0 Å². The lowest BCUT2D eigenvalue weighted by Crippen LogP contribution is -2.44. The van der Waals surface area contributed by atoms with Gasteiger partial charge < -0.3 is 13.3 Å². The maximum absolute atomic E-state index is 11.2. The monoisotopic (exact) mass is 218 g/mol. The molecule has 14 heavy (non-hydrogen) atoms. The Morgan fingerprint density at radius 2 is 1.86 bits per heavy atom. The van der Waals surface area contributed by atoms with Gasteiger partial charge in [0, 0.05) is 20.3 Å². The van der Waals surface area contributed by atoms with Gasteiger partial charge in [0.15, 0.2) is 5.78 Å². The highest BCUT2D eigenvalue weighted by atomic mass is 28.4. The summed E-state index contributed by atoms with van der Waals surface area (Å²) in [6.45, 7) is 7.08. The third-order valence-corrected chi connectivity index (χ3v) is 4.65. The Kier molecular flexibility index (Phi) is 5.86. The van der Waals surface area contributed by atoms with Crippen molar-refractivity contribution in [2.45, 2.75) is 19.9 Å². The molecule has 0 radical (unpaired) electrons. The summed E-state index contributed by atoms with van der Waals surface area (Å²) in [5, 5.41) is 0. The fraction of sp³-hybridized carbons (Fsp3) is 0.667. The van der Waals surface area contributed by atoms with Gasteiger partial charge in [-0.05, 0) is 12.5 Å². The molecule has 0 atom stereocenters. The molecule has 0 aromatic heterocycles. The molecule has 0 spiro atoms. The molecule has 0 unspecified atom stereocenters. The van der Waals surface area contributed by atoms with Crippen molar-refractivity contribution in [2.24, 2.45) is 0 Å². The van der Waals surface area contributed by atoms with Gasteiger partial charge >= 0.3 is 8.80 Å². The average Bonchev–Trinajstić information content (AvgIpc) is 2.20. The molecule has 0 bridgehead atoms. The first-order chi connectivity index (χ1) is 6.51. The topological polar surface area (TPSA) is 44.8 Å². The van der Waals surface area contributed by atoms with Crippen molar-refractivity contribution in [3.8, 4) is 0 Å². The van der Waals surface area contributed by atoms with E-state index >= 15 is 0 Å². The molecule has 0 fully saturated rings. The molecular weight excluding hydrogens is 200 g/mol. The third-order valence-electron chi connectivity index (χ3n) is 1.95. The Bertz CT molecular complexity index is 203. The number of rotatable bonds is 7. The summed E-state index contributed by atoms with van der Waals surface area (Å²) in [5.74, 6) is -0.121. The summed E-state index contributed by atoms with van der Waals surface area (Å²) in [6.07, 6.45) is 0. The van der Waals surface area contributed by atoms with Crippen molar-refractivity contribution < 1.29 is 18.1 Å². The lowest BCUT2D eigenvalue weighted by atomic mass is 10.2. The molecule has 0 aliphatic rings. The summed E-state index contributed by atoms with van der Waals surface area (Å²) in [7, 11) is 0.476. The van der Waals surface area contributed by atoms with Gasteiger partial charge in [0.25, 0.3) is 0 Å². The second-order valence-electron chi connectivity index (χ2n) is 2.94. The second kappa shape index (κ2) is 6.08. The fourth-order valence-electron chi connectivity index (χ4n) is 0.891. The van der Waals surface area contributed by atoms with Gasteiger partial charge in [0.05, 0.1) is 0 Å². The van der Waals surface area contributed by atoms with E-state index in [1.54, 1.807) is 6.92 Å². The number of carbonyl (C=O) groups excluding carboxylic acids is 1. The van der Waals surface area contributed by atoms with Crippen LogP contribution >= 0.6 is 0 Å². The highest BCUT2D eigenvalue weighted by Gasteiger charge is 2.37. The van der Waals surface area contributed by atoms with Gasteiger partial charge in [0.1, 0.15) is 6.61 Å². The Morgan fingerprint density at radius 1 is 1.36 bits per heavy atom. The van der Waals surface area contributed by atoms with Crippen molar-refractivity contribution in [3.05, 3.63) is 12.2 Å². The molecule has 0 aromatic carbocycles. The number of hydrogen-bond donors (Lipinski definition) is 0. The summed E-state index contributed by atoms with van der Waals surface area (Å²) in [4.78, 5) is 11.2. The Balaban J connectivity index is 4.19. The van der Waals surface area contributed by atoms with Crippen LogP contribution in [0.15, 0.2) is 12.2 Å². The lowest BCUT2D eigenvalue weighted by Gasteiger charge is -2.24. The molecular formula is C9H18O4Si.